The third-order valence-electron chi connectivity index (χ3n) is 2.71. The van der Waals surface area contributed by atoms with Crippen LogP contribution in [0.2, 0.25) is 0 Å². The third-order valence-corrected chi connectivity index (χ3v) is 3.20. The van der Waals surface area contributed by atoms with E-state index in [2.05, 4.69) is 39.9 Å². The topological polar surface area (TPSA) is 40.5 Å². The average molecular weight is 300 g/mol. The minimum absolute atomic E-state index is 0.196. The number of halogens is 1. The lowest BCUT2D eigenvalue weighted by Gasteiger charge is -2.21. The predicted molar refractivity (Wildman–Crippen MR) is 72.3 cm³/mol. The smallest absolute Gasteiger partial charge is 0.304 e. The second kappa shape index (κ2) is 6.77. The number of hydrogen-bond donors (Lipinski definition) is 1. The molecule has 0 amide bonds. The van der Waals surface area contributed by atoms with E-state index in [1.165, 1.54) is 5.56 Å². The highest BCUT2D eigenvalue weighted by atomic mass is 79.9. The first kappa shape index (κ1) is 14.2. The minimum Gasteiger partial charge on any atom is -0.481 e. The molecular weight excluding hydrogens is 282 g/mol. The lowest BCUT2D eigenvalue weighted by Crippen LogP contribution is -2.26. The summed E-state index contributed by atoms with van der Waals surface area (Å²) in [5, 5.41) is 8.62. The van der Waals surface area contributed by atoms with Gasteiger partial charge in [-0.15, -0.1) is 0 Å². The summed E-state index contributed by atoms with van der Waals surface area (Å²) < 4.78 is 1.08. The summed E-state index contributed by atoms with van der Waals surface area (Å²) in [6.07, 6.45) is 0.196. The molecular formula is C13H18BrNO2. The van der Waals surface area contributed by atoms with Gasteiger partial charge in [-0.05, 0) is 30.7 Å². The molecule has 1 rings (SSSR count). The molecule has 0 bridgehead atoms. The van der Waals surface area contributed by atoms with Gasteiger partial charge in [-0.2, -0.15) is 0 Å². The molecule has 1 aromatic carbocycles. The maximum atomic E-state index is 10.5. The fourth-order valence-electron chi connectivity index (χ4n) is 1.76. The first-order valence-corrected chi connectivity index (χ1v) is 6.44. The number of carboxylic acids is 1. The van der Waals surface area contributed by atoms with Gasteiger partial charge in [0.2, 0.25) is 0 Å². The Bertz CT molecular complexity index is 381. The van der Waals surface area contributed by atoms with Crippen molar-refractivity contribution in [3.8, 4) is 0 Å². The van der Waals surface area contributed by atoms with Crippen molar-refractivity contribution in [1.82, 2.24) is 4.90 Å². The van der Waals surface area contributed by atoms with Crippen molar-refractivity contribution in [2.24, 2.45) is 0 Å². The van der Waals surface area contributed by atoms with E-state index >= 15 is 0 Å². The number of aliphatic carboxylic acids is 1. The van der Waals surface area contributed by atoms with E-state index in [-0.39, 0.29) is 6.42 Å². The first-order chi connectivity index (χ1) is 7.99. The van der Waals surface area contributed by atoms with E-state index in [1.807, 2.05) is 19.2 Å². The number of likely N-dealkylation sites (N-methyl/N-ethyl adjacent to an activating group) is 1. The van der Waals surface area contributed by atoms with Crippen LogP contribution < -0.4 is 0 Å². The maximum absolute atomic E-state index is 10.5. The Morgan fingerprint density at radius 1 is 1.53 bits per heavy atom. The Morgan fingerprint density at radius 3 is 2.82 bits per heavy atom. The fourth-order valence-corrected chi connectivity index (χ4v) is 2.18. The van der Waals surface area contributed by atoms with Crippen LogP contribution in [0, 0.1) is 0 Å². The molecule has 94 valence electrons. The van der Waals surface area contributed by atoms with Gasteiger partial charge in [-0.25, -0.2) is 0 Å². The summed E-state index contributed by atoms with van der Waals surface area (Å²) >= 11 is 3.46. The molecule has 0 heterocycles. The molecule has 0 spiro atoms. The quantitative estimate of drug-likeness (QED) is 0.878. The summed E-state index contributed by atoms with van der Waals surface area (Å²) in [5.41, 5.74) is 1.27. The third kappa shape index (κ3) is 5.33. The van der Waals surface area contributed by atoms with Gasteiger partial charge in [0, 0.05) is 17.6 Å². The average Bonchev–Trinajstić information content (AvgIpc) is 2.26. The number of carboxylic acid groups (broad SMARTS) is 1. The number of rotatable bonds is 6. The summed E-state index contributed by atoms with van der Waals surface area (Å²) in [5.74, 6) is -0.349. The van der Waals surface area contributed by atoms with Gasteiger partial charge < -0.3 is 10.0 Å². The molecule has 0 aliphatic heterocycles. The maximum Gasteiger partial charge on any atom is 0.304 e. The van der Waals surface area contributed by atoms with E-state index in [9.17, 15) is 4.79 Å². The van der Waals surface area contributed by atoms with Gasteiger partial charge >= 0.3 is 5.97 Å². The summed E-state index contributed by atoms with van der Waals surface area (Å²) in [4.78, 5) is 12.5. The Balaban J connectivity index is 2.48. The van der Waals surface area contributed by atoms with E-state index in [1.54, 1.807) is 0 Å². The zero-order valence-electron chi connectivity index (χ0n) is 10.2. The highest BCUT2D eigenvalue weighted by molar-refractivity contribution is 9.10. The monoisotopic (exact) mass is 299 g/mol. The standard InChI is InChI=1S/C13H18BrNO2/c1-10(9-15(2)7-6-13(16)17)11-4-3-5-12(14)8-11/h3-5,8,10H,6-7,9H2,1-2H3,(H,16,17). The number of nitrogens with zero attached hydrogens (tertiary/aromatic N) is 1. The first-order valence-electron chi connectivity index (χ1n) is 5.65. The predicted octanol–water partition coefficient (Wildman–Crippen LogP) is 2.96. The summed E-state index contributed by atoms with van der Waals surface area (Å²) in [6.45, 7) is 3.61. The summed E-state index contributed by atoms with van der Waals surface area (Å²) in [6, 6.07) is 8.23. The Labute approximate surface area is 111 Å². The zero-order valence-corrected chi connectivity index (χ0v) is 11.8. The lowest BCUT2D eigenvalue weighted by molar-refractivity contribution is -0.137. The van der Waals surface area contributed by atoms with Crippen molar-refractivity contribution in [2.45, 2.75) is 19.3 Å². The van der Waals surface area contributed by atoms with E-state index in [4.69, 9.17) is 5.11 Å². The van der Waals surface area contributed by atoms with Gasteiger partial charge in [-0.1, -0.05) is 35.0 Å². The van der Waals surface area contributed by atoms with Crippen molar-refractivity contribution in [3.63, 3.8) is 0 Å². The van der Waals surface area contributed by atoms with Gasteiger partial charge in [-0.3, -0.25) is 4.79 Å². The van der Waals surface area contributed by atoms with E-state index in [0.717, 1.165) is 11.0 Å². The van der Waals surface area contributed by atoms with Crippen LogP contribution in [-0.4, -0.2) is 36.1 Å². The molecule has 0 aromatic heterocycles. The highest BCUT2D eigenvalue weighted by Gasteiger charge is 2.10. The second-order valence-corrected chi connectivity index (χ2v) is 5.28. The van der Waals surface area contributed by atoms with Crippen LogP contribution in [0.4, 0.5) is 0 Å². The van der Waals surface area contributed by atoms with Crippen molar-refractivity contribution in [1.29, 1.82) is 0 Å². The van der Waals surface area contributed by atoms with Crippen molar-refractivity contribution in [2.75, 3.05) is 20.1 Å². The molecule has 1 aromatic rings. The Hall–Kier alpha value is -0.870. The molecule has 1 unspecified atom stereocenters. The second-order valence-electron chi connectivity index (χ2n) is 4.36. The molecule has 17 heavy (non-hydrogen) atoms. The highest BCUT2D eigenvalue weighted by Crippen LogP contribution is 2.20. The van der Waals surface area contributed by atoms with Crippen molar-refractivity contribution in [3.05, 3.63) is 34.3 Å². The zero-order chi connectivity index (χ0) is 12.8. The largest absolute Gasteiger partial charge is 0.481 e. The fraction of sp³-hybridized carbons (Fsp3) is 0.462. The normalized spacial score (nSPS) is 12.7. The number of hydrogen-bond acceptors (Lipinski definition) is 2. The SMILES string of the molecule is CC(CN(C)CCC(=O)O)c1cccc(Br)c1. The molecule has 3 nitrogen and oxygen atoms in total. The minimum atomic E-state index is -0.744. The van der Waals surface area contributed by atoms with Crippen LogP contribution in [0.15, 0.2) is 28.7 Å². The van der Waals surface area contributed by atoms with Crippen LogP contribution in [0.5, 0.6) is 0 Å². The molecule has 0 saturated heterocycles. The summed E-state index contributed by atoms with van der Waals surface area (Å²) in [7, 11) is 1.96. The Kier molecular flexibility index (Phi) is 5.65. The van der Waals surface area contributed by atoms with Crippen LogP contribution in [0.3, 0.4) is 0 Å². The molecule has 1 N–H and O–H groups in total. The van der Waals surface area contributed by atoms with Gasteiger partial charge in [0.05, 0.1) is 6.42 Å². The van der Waals surface area contributed by atoms with Crippen molar-refractivity contribution >= 4 is 21.9 Å². The molecule has 0 saturated carbocycles. The molecule has 0 aliphatic carbocycles. The molecule has 1 atom stereocenters. The van der Waals surface area contributed by atoms with Crippen LogP contribution in [0.1, 0.15) is 24.8 Å². The Morgan fingerprint density at radius 2 is 2.24 bits per heavy atom. The van der Waals surface area contributed by atoms with Gasteiger partial charge in [0.25, 0.3) is 0 Å². The molecule has 0 aliphatic rings. The van der Waals surface area contributed by atoms with Crippen LogP contribution in [-0.2, 0) is 4.79 Å². The van der Waals surface area contributed by atoms with Crippen LogP contribution >= 0.6 is 15.9 Å². The molecule has 0 fully saturated rings. The molecule has 0 radical (unpaired) electrons. The van der Waals surface area contributed by atoms with Crippen molar-refractivity contribution < 1.29 is 9.90 Å². The van der Waals surface area contributed by atoms with Crippen LogP contribution in [0.25, 0.3) is 0 Å². The number of carbonyl (C=O) groups is 1. The van der Waals surface area contributed by atoms with Gasteiger partial charge in [0.1, 0.15) is 0 Å². The molecule has 4 heteroatoms. The van der Waals surface area contributed by atoms with Gasteiger partial charge in [0.15, 0.2) is 0 Å². The number of benzene rings is 1. The van der Waals surface area contributed by atoms with E-state index < -0.39 is 5.97 Å². The van der Waals surface area contributed by atoms with E-state index in [0.29, 0.717) is 12.5 Å². The lowest BCUT2D eigenvalue weighted by atomic mass is 10.0.